The van der Waals surface area contributed by atoms with Crippen LogP contribution < -0.4 is 5.32 Å². The fraction of sp³-hybridized carbons (Fsp3) is 0.538. The molecule has 0 unspecified atom stereocenters. The second-order valence-corrected chi connectivity index (χ2v) is 4.91. The van der Waals surface area contributed by atoms with Crippen LogP contribution in [0.2, 0.25) is 5.15 Å². The number of nitrogens with one attached hydrogen (secondary N) is 1. The predicted octanol–water partition coefficient (Wildman–Crippen LogP) is 3.21. The molecule has 1 N–H and O–H groups in total. The van der Waals surface area contributed by atoms with Crippen molar-refractivity contribution in [2.24, 2.45) is 0 Å². The normalized spacial score (nSPS) is 11.1. The molecule has 0 bridgehead atoms. The molecular formula is C13H18ClN3. The van der Waals surface area contributed by atoms with Crippen LogP contribution in [-0.2, 0) is 6.42 Å². The van der Waals surface area contributed by atoms with Crippen LogP contribution >= 0.6 is 11.6 Å². The standard InChI is InChI=1S/C13H18ClN3/c1-6-8-10-15-11(14)9(3)12(16-10)17-13(4,5)7-2/h2H,6,8H2,1,3-5H3,(H,15,16,17). The summed E-state index contributed by atoms with van der Waals surface area (Å²) in [6.07, 6.45) is 7.24. The SMILES string of the molecule is C#CC(C)(C)Nc1nc(CCC)nc(Cl)c1C. The summed E-state index contributed by atoms with van der Waals surface area (Å²) in [7, 11) is 0. The zero-order chi connectivity index (χ0) is 13.1. The van der Waals surface area contributed by atoms with Crippen molar-refractivity contribution in [2.75, 3.05) is 5.32 Å². The zero-order valence-electron chi connectivity index (χ0n) is 10.8. The summed E-state index contributed by atoms with van der Waals surface area (Å²) in [6.45, 7) is 7.80. The van der Waals surface area contributed by atoms with E-state index in [-0.39, 0.29) is 0 Å². The van der Waals surface area contributed by atoms with Crippen molar-refractivity contribution in [1.82, 2.24) is 9.97 Å². The number of halogens is 1. The molecule has 4 heteroatoms. The van der Waals surface area contributed by atoms with Gasteiger partial charge in [0.05, 0.1) is 5.54 Å². The van der Waals surface area contributed by atoms with E-state index in [4.69, 9.17) is 18.0 Å². The Labute approximate surface area is 108 Å². The van der Waals surface area contributed by atoms with Gasteiger partial charge in [-0.05, 0) is 27.2 Å². The number of hydrogen-bond acceptors (Lipinski definition) is 3. The van der Waals surface area contributed by atoms with Gasteiger partial charge >= 0.3 is 0 Å². The van der Waals surface area contributed by atoms with Gasteiger partial charge in [-0.1, -0.05) is 24.4 Å². The van der Waals surface area contributed by atoms with Gasteiger partial charge in [0.1, 0.15) is 16.8 Å². The van der Waals surface area contributed by atoms with E-state index < -0.39 is 5.54 Å². The number of aromatic nitrogens is 2. The number of nitrogens with zero attached hydrogens (tertiary/aromatic N) is 2. The van der Waals surface area contributed by atoms with Crippen molar-refractivity contribution < 1.29 is 0 Å². The maximum Gasteiger partial charge on any atom is 0.137 e. The van der Waals surface area contributed by atoms with E-state index in [1.54, 1.807) is 0 Å². The number of rotatable bonds is 4. The average Bonchev–Trinajstić information content (AvgIpc) is 2.25. The highest BCUT2D eigenvalue weighted by Gasteiger charge is 2.17. The Kier molecular flexibility index (Phi) is 4.36. The number of hydrogen-bond donors (Lipinski definition) is 1. The minimum absolute atomic E-state index is 0.452. The molecule has 0 fully saturated rings. The molecule has 1 rings (SSSR count). The number of anilines is 1. The first-order valence-electron chi connectivity index (χ1n) is 5.68. The van der Waals surface area contributed by atoms with Crippen molar-refractivity contribution in [1.29, 1.82) is 0 Å². The summed E-state index contributed by atoms with van der Waals surface area (Å²) in [5, 5.41) is 3.69. The smallest absolute Gasteiger partial charge is 0.137 e. The first-order chi connectivity index (χ1) is 7.89. The van der Waals surface area contributed by atoms with Gasteiger partial charge in [-0.2, -0.15) is 0 Å². The maximum atomic E-state index is 6.08. The topological polar surface area (TPSA) is 37.8 Å². The van der Waals surface area contributed by atoms with Crippen LogP contribution in [0.5, 0.6) is 0 Å². The molecule has 0 aliphatic heterocycles. The Morgan fingerprint density at radius 1 is 1.41 bits per heavy atom. The molecule has 0 saturated heterocycles. The molecule has 1 heterocycles. The van der Waals surface area contributed by atoms with Gasteiger partial charge in [0.2, 0.25) is 0 Å². The van der Waals surface area contributed by atoms with E-state index in [9.17, 15) is 0 Å². The van der Waals surface area contributed by atoms with Crippen LogP contribution in [0.1, 0.15) is 38.6 Å². The van der Waals surface area contributed by atoms with E-state index in [0.29, 0.717) is 5.15 Å². The Bertz CT molecular complexity index is 447. The first kappa shape index (κ1) is 13.8. The average molecular weight is 252 g/mol. The molecule has 0 aromatic carbocycles. The Morgan fingerprint density at radius 3 is 2.59 bits per heavy atom. The Balaban J connectivity index is 3.10. The van der Waals surface area contributed by atoms with E-state index in [1.165, 1.54) is 0 Å². The van der Waals surface area contributed by atoms with Gasteiger partial charge in [0.25, 0.3) is 0 Å². The van der Waals surface area contributed by atoms with Crippen LogP contribution in [0, 0.1) is 19.3 Å². The lowest BCUT2D eigenvalue weighted by Gasteiger charge is -2.22. The van der Waals surface area contributed by atoms with E-state index in [1.807, 2.05) is 20.8 Å². The first-order valence-corrected chi connectivity index (χ1v) is 6.06. The summed E-state index contributed by atoms with van der Waals surface area (Å²) < 4.78 is 0. The number of aryl methyl sites for hydroxylation is 1. The highest BCUT2D eigenvalue weighted by atomic mass is 35.5. The minimum atomic E-state index is -0.452. The molecule has 17 heavy (non-hydrogen) atoms. The molecule has 92 valence electrons. The molecule has 0 amide bonds. The molecule has 0 atom stereocenters. The highest BCUT2D eigenvalue weighted by molar-refractivity contribution is 6.30. The van der Waals surface area contributed by atoms with E-state index >= 15 is 0 Å². The lowest BCUT2D eigenvalue weighted by molar-refractivity contribution is 0.727. The van der Waals surface area contributed by atoms with Gasteiger partial charge in [-0.3, -0.25) is 0 Å². The van der Waals surface area contributed by atoms with Gasteiger partial charge in [-0.15, -0.1) is 6.42 Å². The third-order valence-electron chi connectivity index (χ3n) is 2.40. The Morgan fingerprint density at radius 2 is 2.06 bits per heavy atom. The molecule has 0 aliphatic rings. The summed E-state index contributed by atoms with van der Waals surface area (Å²) in [5.74, 6) is 4.14. The maximum absolute atomic E-state index is 6.08. The van der Waals surface area contributed by atoms with Crippen molar-refractivity contribution in [3.63, 3.8) is 0 Å². The molecular weight excluding hydrogens is 234 g/mol. The highest BCUT2D eigenvalue weighted by Crippen LogP contribution is 2.23. The van der Waals surface area contributed by atoms with Crippen molar-refractivity contribution in [3.05, 3.63) is 16.5 Å². The van der Waals surface area contributed by atoms with Gasteiger partial charge in [0.15, 0.2) is 0 Å². The quantitative estimate of drug-likeness (QED) is 0.660. The van der Waals surface area contributed by atoms with Crippen molar-refractivity contribution in [2.45, 2.75) is 46.1 Å². The van der Waals surface area contributed by atoms with Crippen LogP contribution in [-0.4, -0.2) is 15.5 Å². The molecule has 3 nitrogen and oxygen atoms in total. The molecule has 0 aliphatic carbocycles. The van der Waals surface area contributed by atoms with Crippen LogP contribution in [0.4, 0.5) is 5.82 Å². The minimum Gasteiger partial charge on any atom is -0.354 e. The van der Waals surface area contributed by atoms with Crippen molar-refractivity contribution >= 4 is 17.4 Å². The third-order valence-corrected chi connectivity index (χ3v) is 2.77. The molecule has 0 saturated carbocycles. The number of terminal acetylenes is 1. The van der Waals surface area contributed by atoms with Crippen LogP contribution in [0.15, 0.2) is 0 Å². The molecule has 1 aromatic heterocycles. The second kappa shape index (κ2) is 5.37. The predicted molar refractivity (Wildman–Crippen MR) is 72.3 cm³/mol. The molecule has 0 spiro atoms. The fourth-order valence-corrected chi connectivity index (χ4v) is 1.51. The van der Waals surface area contributed by atoms with Crippen LogP contribution in [0.25, 0.3) is 0 Å². The van der Waals surface area contributed by atoms with Gasteiger partial charge in [-0.25, -0.2) is 9.97 Å². The summed E-state index contributed by atoms with van der Waals surface area (Å²) in [4.78, 5) is 8.70. The summed E-state index contributed by atoms with van der Waals surface area (Å²) in [6, 6.07) is 0. The lowest BCUT2D eigenvalue weighted by Crippen LogP contribution is -2.29. The van der Waals surface area contributed by atoms with Crippen LogP contribution in [0.3, 0.4) is 0 Å². The lowest BCUT2D eigenvalue weighted by atomic mass is 10.1. The van der Waals surface area contributed by atoms with Gasteiger partial charge in [0, 0.05) is 12.0 Å². The fourth-order valence-electron chi connectivity index (χ4n) is 1.32. The van der Waals surface area contributed by atoms with E-state index in [0.717, 1.165) is 30.0 Å². The van der Waals surface area contributed by atoms with E-state index in [2.05, 4.69) is 28.1 Å². The Hall–Kier alpha value is -1.27. The second-order valence-electron chi connectivity index (χ2n) is 4.55. The zero-order valence-corrected chi connectivity index (χ0v) is 11.5. The van der Waals surface area contributed by atoms with Gasteiger partial charge < -0.3 is 5.32 Å². The summed E-state index contributed by atoms with van der Waals surface area (Å²) >= 11 is 6.08. The molecule has 0 radical (unpaired) electrons. The third kappa shape index (κ3) is 3.61. The largest absolute Gasteiger partial charge is 0.354 e. The van der Waals surface area contributed by atoms with Crippen molar-refractivity contribution in [3.8, 4) is 12.3 Å². The summed E-state index contributed by atoms with van der Waals surface area (Å²) in [5.41, 5.74) is 0.376. The monoisotopic (exact) mass is 251 g/mol. The molecule has 1 aromatic rings.